The van der Waals surface area contributed by atoms with Crippen LogP contribution in [0.25, 0.3) is 11.2 Å². The normalized spacial score (nSPS) is 31.1. The molecule has 0 aromatic carbocycles. The summed E-state index contributed by atoms with van der Waals surface area (Å²) in [5.74, 6) is 0.270. The number of imidazole rings is 1. The summed E-state index contributed by atoms with van der Waals surface area (Å²) in [5, 5.41) is 28.7. The highest BCUT2D eigenvalue weighted by molar-refractivity contribution is 7.71. The first-order valence-electron chi connectivity index (χ1n) is 5.67. The second kappa shape index (κ2) is 4.62. The Bertz CT molecular complexity index is 656. The highest BCUT2D eigenvalue weighted by Gasteiger charge is 2.44. The molecule has 0 radical (unpaired) electrons. The zero-order chi connectivity index (χ0) is 13.6. The molecule has 1 fully saturated rings. The summed E-state index contributed by atoms with van der Waals surface area (Å²) < 4.78 is 5.66. The van der Waals surface area contributed by atoms with Gasteiger partial charge in [0.05, 0.1) is 12.9 Å². The molecule has 2 aromatic rings. The van der Waals surface area contributed by atoms with E-state index < -0.39 is 24.4 Å². The molecule has 4 atom stereocenters. The van der Waals surface area contributed by atoms with Crippen LogP contribution in [0.3, 0.4) is 0 Å². The molecule has 5 N–H and O–H groups in total. The zero-order valence-electron chi connectivity index (χ0n) is 9.65. The molecule has 0 spiro atoms. The second-order valence-electron chi connectivity index (χ2n) is 4.31. The maximum atomic E-state index is 9.92. The maximum absolute atomic E-state index is 9.92. The van der Waals surface area contributed by atoms with Crippen LogP contribution in [0.4, 0.5) is 0 Å². The smallest absolute Gasteiger partial charge is 0.160 e. The topological polar surface area (TPSA) is 127 Å². The Balaban J connectivity index is 2.03. The number of hydrogen-bond acceptors (Lipinski definition) is 7. The Kier molecular flexibility index (Phi) is 3.07. The molecule has 8 nitrogen and oxygen atoms in total. The Labute approximate surface area is 112 Å². The van der Waals surface area contributed by atoms with Crippen LogP contribution < -0.4 is 0 Å². The van der Waals surface area contributed by atoms with Crippen molar-refractivity contribution in [2.24, 2.45) is 0 Å². The van der Waals surface area contributed by atoms with Gasteiger partial charge in [-0.25, -0.2) is 9.97 Å². The molecular weight excluding hydrogens is 272 g/mol. The summed E-state index contributed by atoms with van der Waals surface area (Å²) >= 11 is 5.10. The van der Waals surface area contributed by atoms with E-state index in [1.165, 1.54) is 6.33 Å². The van der Waals surface area contributed by atoms with Gasteiger partial charge in [-0.15, -0.1) is 0 Å². The molecule has 0 bridgehead atoms. The molecule has 9 heteroatoms. The summed E-state index contributed by atoms with van der Waals surface area (Å²) in [5.41, 5.74) is 1.08. The maximum Gasteiger partial charge on any atom is 0.160 e. The number of hydrogen-bond donors (Lipinski definition) is 5. The molecule has 0 aliphatic carbocycles. The Morgan fingerprint density at radius 1 is 1.37 bits per heavy atom. The first kappa shape index (κ1) is 12.6. The number of aliphatic hydroxyl groups is 3. The van der Waals surface area contributed by atoms with Crippen LogP contribution in [-0.4, -0.2) is 60.2 Å². The number of aliphatic hydroxyl groups excluding tert-OH is 3. The van der Waals surface area contributed by atoms with E-state index in [-0.39, 0.29) is 12.4 Å². The molecule has 19 heavy (non-hydrogen) atoms. The van der Waals surface area contributed by atoms with Crippen LogP contribution in [-0.2, 0) is 4.74 Å². The Morgan fingerprint density at radius 2 is 2.16 bits per heavy atom. The van der Waals surface area contributed by atoms with E-state index in [1.54, 1.807) is 0 Å². The first-order valence-corrected chi connectivity index (χ1v) is 6.08. The summed E-state index contributed by atoms with van der Waals surface area (Å²) in [7, 11) is 0. The van der Waals surface area contributed by atoms with Gasteiger partial charge in [0.15, 0.2) is 10.3 Å². The fourth-order valence-electron chi connectivity index (χ4n) is 2.13. The quantitative estimate of drug-likeness (QED) is 0.455. The largest absolute Gasteiger partial charge is 0.394 e. The van der Waals surface area contributed by atoms with Crippen LogP contribution in [0.2, 0.25) is 0 Å². The molecule has 1 aliphatic heterocycles. The van der Waals surface area contributed by atoms with Crippen LogP contribution in [0.1, 0.15) is 11.9 Å². The summed E-state index contributed by atoms with van der Waals surface area (Å²) in [6.45, 7) is -0.389. The molecule has 3 heterocycles. The fraction of sp³-hybridized carbons (Fsp3) is 0.500. The molecule has 3 rings (SSSR count). The lowest BCUT2D eigenvalue weighted by atomic mass is 10.1. The van der Waals surface area contributed by atoms with E-state index in [9.17, 15) is 10.2 Å². The van der Waals surface area contributed by atoms with Gasteiger partial charge in [0, 0.05) is 0 Å². The van der Waals surface area contributed by atoms with Gasteiger partial charge in [0.2, 0.25) is 0 Å². The van der Waals surface area contributed by atoms with E-state index in [1.807, 2.05) is 0 Å². The third kappa shape index (κ3) is 1.95. The number of rotatable bonds is 2. The standard InChI is InChI=1S/C10H12N4O4S/c15-1-3-5(16)6(17)7(18-3)9-13-8-4(10(19)14-9)11-2-12-8/h2-3,5-7,15-17H,1H2,(H2,11,12,13,14,19)/t3-,5-,6+,7-/m1/s1. The van der Waals surface area contributed by atoms with Gasteiger partial charge in [0.25, 0.3) is 0 Å². The minimum atomic E-state index is -1.19. The molecule has 1 saturated heterocycles. The van der Waals surface area contributed by atoms with Crippen molar-refractivity contribution in [3.8, 4) is 0 Å². The molecule has 102 valence electrons. The van der Waals surface area contributed by atoms with Crippen molar-refractivity contribution >= 4 is 23.4 Å². The SMILES string of the molecule is OC[C@H]1O[C@@H](c2nc(=S)c3[nH]cnc3[nH]2)[C@@H](O)[C@@H]1O. The Hall–Kier alpha value is -1.39. The van der Waals surface area contributed by atoms with Crippen molar-refractivity contribution < 1.29 is 20.1 Å². The summed E-state index contributed by atoms with van der Waals surface area (Å²) in [6, 6.07) is 0. The lowest BCUT2D eigenvalue weighted by Crippen LogP contribution is -2.32. The van der Waals surface area contributed by atoms with Crippen molar-refractivity contribution in [3.05, 3.63) is 16.8 Å². The third-order valence-electron chi connectivity index (χ3n) is 3.13. The van der Waals surface area contributed by atoms with E-state index in [0.717, 1.165) is 0 Å². The molecule has 0 saturated carbocycles. The van der Waals surface area contributed by atoms with Crippen molar-refractivity contribution in [2.45, 2.75) is 24.4 Å². The van der Waals surface area contributed by atoms with E-state index in [4.69, 9.17) is 22.1 Å². The summed E-state index contributed by atoms with van der Waals surface area (Å²) in [4.78, 5) is 13.9. The first-order chi connectivity index (χ1) is 9.11. The average molecular weight is 284 g/mol. The van der Waals surface area contributed by atoms with Crippen molar-refractivity contribution in [1.82, 2.24) is 19.9 Å². The molecule has 0 amide bonds. The molecular formula is C10H12N4O4S. The van der Waals surface area contributed by atoms with E-state index >= 15 is 0 Å². The van der Waals surface area contributed by atoms with Gasteiger partial charge in [0.1, 0.15) is 35.8 Å². The van der Waals surface area contributed by atoms with E-state index in [2.05, 4.69) is 19.9 Å². The second-order valence-corrected chi connectivity index (χ2v) is 4.70. The van der Waals surface area contributed by atoms with Gasteiger partial charge < -0.3 is 30.0 Å². The highest BCUT2D eigenvalue weighted by Crippen LogP contribution is 2.31. The predicted octanol–water partition coefficient (Wildman–Crippen LogP) is -0.831. The van der Waals surface area contributed by atoms with Crippen molar-refractivity contribution in [2.75, 3.05) is 6.61 Å². The minimum absolute atomic E-state index is 0.270. The lowest BCUT2D eigenvalue weighted by Gasteiger charge is -2.13. The molecule has 0 unspecified atom stereocenters. The van der Waals surface area contributed by atoms with Gasteiger partial charge >= 0.3 is 0 Å². The van der Waals surface area contributed by atoms with E-state index in [0.29, 0.717) is 15.8 Å². The third-order valence-corrected chi connectivity index (χ3v) is 3.43. The fourth-order valence-corrected chi connectivity index (χ4v) is 2.38. The monoisotopic (exact) mass is 284 g/mol. The average Bonchev–Trinajstić information content (AvgIpc) is 2.96. The van der Waals surface area contributed by atoms with Gasteiger partial charge in [-0.3, -0.25) is 0 Å². The predicted molar refractivity (Wildman–Crippen MR) is 65.8 cm³/mol. The van der Waals surface area contributed by atoms with Crippen LogP contribution in [0.5, 0.6) is 0 Å². The number of aromatic amines is 2. The van der Waals surface area contributed by atoms with Gasteiger partial charge in [-0.05, 0) is 0 Å². The Morgan fingerprint density at radius 3 is 2.84 bits per heavy atom. The number of fused-ring (bicyclic) bond motifs is 1. The minimum Gasteiger partial charge on any atom is -0.394 e. The molecule has 1 aliphatic rings. The van der Waals surface area contributed by atoms with Crippen molar-refractivity contribution in [1.29, 1.82) is 0 Å². The number of nitrogens with one attached hydrogen (secondary N) is 2. The van der Waals surface area contributed by atoms with Crippen LogP contribution in [0, 0.1) is 4.64 Å². The lowest BCUT2D eigenvalue weighted by molar-refractivity contribution is -0.0252. The summed E-state index contributed by atoms with van der Waals surface area (Å²) in [6.07, 6.45) is -2.62. The number of H-pyrrole nitrogens is 2. The number of nitrogens with zero attached hydrogens (tertiary/aromatic N) is 2. The zero-order valence-corrected chi connectivity index (χ0v) is 10.5. The van der Waals surface area contributed by atoms with Crippen molar-refractivity contribution in [3.63, 3.8) is 0 Å². The van der Waals surface area contributed by atoms with Gasteiger partial charge in [-0.1, -0.05) is 12.2 Å². The van der Waals surface area contributed by atoms with Crippen LogP contribution >= 0.6 is 12.2 Å². The molecule has 2 aromatic heterocycles. The number of ether oxygens (including phenoxy) is 1. The highest BCUT2D eigenvalue weighted by atomic mass is 32.1. The number of aromatic nitrogens is 4. The van der Waals surface area contributed by atoms with Gasteiger partial charge in [-0.2, -0.15) is 0 Å². The van der Waals surface area contributed by atoms with Crippen LogP contribution in [0.15, 0.2) is 6.33 Å².